The third-order valence-electron chi connectivity index (χ3n) is 5.23. The summed E-state index contributed by atoms with van der Waals surface area (Å²) in [4.78, 5) is 24.6. The number of rotatable bonds is 5. The Hall–Kier alpha value is -2.84. The van der Waals surface area contributed by atoms with Crippen molar-refractivity contribution in [2.75, 3.05) is 6.61 Å². The molecule has 2 aliphatic rings. The van der Waals surface area contributed by atoms with Crippen molar-refractivity contribution in [1.29, 1.82) is 0 Å². The highest BCUT2D eigenvalue weighted by Crippen LogP contribution is 2.30. The maximum Gasteiger partial charge on any atom is 0.547 e. The van der Waals surface area contributed by atoms with Crippen LogP contribution in [0.1, 0.15) is 39.5 Å². The second-order valence-electron chi connectivity index (χ2n) is 7.28. The van der Waals surface area contributed by atoms with Gasteiger partial charge < -0.3 is 25.0 Å². The number of hydrogen-bond acceptors (Lipinski definition) is 6. The molecule has 1 atom stereocenters. The van der Waals surface area contributed by atoms with E-state index in [1.54, 1.807) is 19.1 Å². The maximum atomic E-state index is 12.5. The first-order valence-corrected chi connectivity index (χ1v) is 9.79. The minimum absolute atomic E-state index is 0.187. The van der Waals surface area contributed by atoms with Crippen LogP contribution in [0.2, 0.25) is 0 Å². The standard InChI is InChI=1S/C21H23BN2O5/c1-2-28-21(26)17-5-3-4-14-10-18(22(27)29-20(14)17)24-19(25)9-13-6-7-15-11-23-12-16(15)8-13/h3-8,18,23,27H,2,9-12H2,1H3,(H,24,25). The van der Waals surface area contributed by atoms with Crippen LogP contribution in [-0.4, -0.2) is 36.6 Å². The molecule has 2 heterocycles. The lowest BCUT2D eigenvalue weighted by Crippen LogP contribution is -2.53. The summed E-state index contributed by atoms with van der Waals surface area (Å²) in [6.07, 6.45) is 0.593. The van der Waals surface area contributed by atoms with E-state index in [1.165, 1.54) is 11.1 Å². The molecule has 0 spiro atoms. The molecular formula is C21H23BN2O5. The second-order valence-corrected chi connectivity index (χ2v) is 7.28. The smallest absolute Gasteiger partial charge is 0.534 e. The van der Waals surface area contributed by atoms with Gasteiger partial charge >= 0.3 is 13.1 Å². The average molecular weight is 394 g/mol. The van der Waals surface area contributed by atoms with Crippen LogP contribution in [-0.2, 0) is 35.5 Å². The largest absolute Gasteiger partial charge is 0.547 e. The fraction of sp³-hybridized carbons (Fsp3) is 0.333. The van der Waals surface area contributed by atoms with Gasteiger partial charge in [-0.25, -0.2) is 4.79 Å². The molecule has 1 unspecified atom stereocenters. The SMILES string of the molecule is CCOC(=O)c1cccc2c1OB(O)C(NC(=O)Cc1ccc3c(c1)CNC3)C2. The lowest BCUT2D eigenvalue weighted by atomic mass is 9.72. The molecule has 4 rings (SSSR count). The predicted octanol–water partition coefficient (Wildman–Crippen LogP) is 1.15. The number of hydrogen-bond donors (Lipinski definition) is 3. The molecule has 8 heteroatoms. The molecule has 0 bridgehead atoms. The lowest BCUT2D eigenvalue weighted by molar-refractivity contribution is -0.120. The minimum atomic E-state index is -1.24. The molecule has 2 aliphatic heterocycles. The Kier molecular flexibility index (Phi) is 5.55. The van der Waals surface area contributed by atoms with Crippen LogP contribution in [0.4, 0.5) is 0 Å². The number of ether oxygens (including phenoxy) is 1. The minimum Gasteiger partial charge on any atom is -0.534 e. The predicted molar refractivity (Wildman–Crippen MR) is 107 cm³/mol. The third kappa shape index (κ3) is 4.13. The van der Waals surface area contributed by atoms with Crippen LogP contribution in [0.5, 0.6) is 5.75 Å². The summed E-state index contributed by atoms with van der Waals surface area (Å²) in [6.45, 7) is 3.66. The zero-order valence-electron chi connectivity index (χ0n) is 16.2. The summed E-state index contributed by atoms with van der Waals surface area (Å²) in [6, 6.07) is 11.2. The molecule has 0 saturated heterocycles. The number of carbonyl (C=O) groups excluding carboxylic acids is 2. The van der Waals surface area contributed by atoms with Crippen molar-refractivity contribution in [2.24, 2.45) is 0 Å². The van der Waals surface area contributed by atoms with Gasteiger partial charge in [0, 0.05) is 13.1 Å². The fourth-order valence-corrected chi connectivity index (χ4v) is 3.82. The molecule has 29 heavy (non-hydrogen) atoms. The van der Waals surface area contributed by atoms with Gasteiger partial charge in [-0.1, -0.05) is 30.3 Å². The van der Waals surface area contributed by atoms with Crippen molar-refractivity contribution in [3.05, 3.63) is 64.2 Å². The number of benzene rings is 2. The fourth-order valence-electron chi connectivity index (χ4n) is 3.82. The lowest BCUT2D eigenvalue weighted by Gasteiger charge is -2.29. The van der Waals surface area contributed by atoms with E-state index in [1.807, 2.05) is 24.3 Å². The molecular weight excluding hydrogens is 371 g/mol. The van der Waals surface area contributed by atoms with Crippen molar-refractivity contribution in [3.8, 4) is 5.75 Å². The highest BCUT2D eigenvalue weighted by Gasteiger charge is 2.37. The van der Waals surface area contributed by atoms with Gasteiger partial charge in [0.1, 0.15) is 11.3 Å². The second kappa shape index (κ2) is 8.27. The molecule has 2 aromatic rings. The van der Waals surface area contributed by atoms with Crippen LogP contribution >= 0.6 is 0 Å². The van der Waals surface area contributed by atoms with Gasteiger partial charge in [-0.2, -0.15) is 0 Å². The normalized spacial score (nSPS) is 17.2. The molecule has 2 aromatic carbocycles. The van der Waals surface area contributed by atoms with Gasteiger partial charge in [0.2, 0.25) is 5.91 Å². The van der Waals surface area contributed by atoms with Crippen molar-refractivity contribution >= 4 is 19.0 Å². The summed E-state index contributed by atoms with van der Waals surface area (Å²) in [5.41, 5.74) is 4.44. The molecule has 0 aromatic heterocycles. The van der Waals surface area contributed by atoms with E-state index in [0.717, 1.165) is 24.2 Å². The summed E-state index contributed by atoms with van der Waals surface area (Å²) in [5.74, 6) is -0.961. The van der Waals surface area contributed by atoms with E-state index in [4.69, 9.17) is 9.39 Å². The first kappa shape index (κ1) is 19.5. The molecule has 1 amide bonds. The van der Waals surface area contributed by atoms with Gasteiger partial charge in [-0.15, -0.1) is 0 Å². The third-order valence-corrected chi connectivity index (χ3v) is 5.23. The van der Waals surface area contributed by atoms with Crippen LogP contribution in [0, 0.1) is 0 Å². The molecule has 150 valence electrons. The molecule has 0 aliphatic carbocycles. The Morgan fingerprint density at radius 3 is 2.90 bits per heavy atom. The number of carbonyl (C=O) groups is 2. The maximum absolute atomic E-state index is 12.5. The van der Waals surface area contributed by atoms with Crippen LogP contribution in [0.25, 0.3) is 0 Å². The first-order valence-electron chi connectivity index (χ1n) is 9.79. The number of esters is 1. The highest BCUT2D eigenvalue weighted by atomic mass is 16.5. The number of para-hydroxylation sites is 1. The van der Waals surface area contributed by atoms with Gasteiger partial charge in [-0.05, 0) is 41.7 Å². The van der Waals surface area contributed by atoms with Gasteiger partial charge in [0.15, 0.2) is 0 Å². The van der Waals surface area contributed by atoms with E-state index in [9.17, 15) is 14.6 Å². The highest BCUT2D eigenvalue weighted by molar-refractivity contribution is 6.47. The van der Waals surface area contributed by atoms with Crippen molar-refractivity contribution in [2.45, 2.75) is 38.8 Å². The van der Waals surface area contributed by atoms with Crippen LogP contribution in [0.15, 0.2) is 36.4 Å². The summed E-state index contributed by atoms with van der Waals surface area (Å²) in [7, 11) is -1.24. The Labute approximate surface area is 169 Å². The van der Waals surface area contributed by atoms with Gasteiger partial charge in [-0.3, -0.25) is 4.79 Å². The summed E-state index contributed by atoms with van der Waals surface area (Å²) >= 11 is 0. The summed E-state index contributed by atoms with van der Waals surface area (Å²) < 4.78 is 10.6. The first-order chi connectivity index (χ1) is 14.0. The van der Waals surface area contributed by atoms with E-state index >= 15 is 0 Å². The quantitative estimate of drug-likeness (QED) is 0.520. The Morgan fingerprint density at radius 2 is 2.07 bits per heavy atom. The van der Waals surface area contributed by atoms with Crippen LogP contribution < -0.4 is 15.3 Å². The van der Waals surface area contributed by atoms with Crippen molar-refractivity contribution in [1.82, 2.24) is 10.6 Å². The summed E-state index contributed by atoms with van der Waals surface area (Å²) in [5, 5.41) is 16.5. The molecule has 0 saturated carbocycles. The van der Waals surface area contributed by atoms with Gasteiger partial charge in [0.05, 0.1) is 19.0 Å². The number of amides is 1. The number of nitrogens with one attached hydrogen (secondary N) is 2. The average Bonchev–Trinajstić information content (AvgIpc) is 3.16. The zero-order chi connectivity index (χ0) is 20.4. The molecule has 3 N–H and O–H groups in total. The van der Waals surface area contributed by atoms with Crippen LogP contribution in [0.3, 0.4) is 0 Å². The van der Waals surface area contributed by atoms with Crippen molar-refractivity contribution < 1.29 is 24.0 Å². The van der Waals surface area contributed by atoms with E-state index < -0.39 is 19.0 Å². The van der Waals surface area contributed by atoms with E-state index in [-0.39, 0.29) is 24.5 Å². The number of fused-ring (bicyclic) bond motifs is 2. The monoisotopic (exact) mass is 394 g/mol. The zero-order valence-corrected chi connectivity index (χ0v) is 16.2. The Balaban J connectivity index is 1.43. The Bertz CT molecular complexity index is 949. The Morgan fingerprint density at radius 1 is 1.24 bits per heavy atom. The topological polar surface area (TPSA) is 96.9 Å². The molecule has 0 radical (unpaired) electrons. The molecule has 7 nitrogen and oxygen atoms in total. The van der Waals surface area contributed by atoms with E-state index in [0.29, 0.717) is 12.2 Å². The molecule has 0 fully saturated rings. The van der Waals surface area contributed by atoms with Gasteiger partial charge in [0.25, 0.3) is 0 Å². The van der Waals surface area contributed by atoms with Crippen molar-refractivity contribution in [3.63, 3.8) is 0 Å². The van der Waals surface area contributed by atoms with E-state index in [2.05, 4.69) is 10.6 Å².